The zero-order valence-electron chi connectivity index (χ0n) is 10.7. The van der Waals surface area contributed by atoms with Crippen LogP contribution >= 0.6 is 0 Å². The van der Waals surface area contributed by atoms with E-state index < -0.39 is 11.7 Å². The molecule has 0 heterocycles. The molecule has 0 aliphatic heterocycles. The van der Waals surface area contributed by atoms with E-state index in [1.165, 1.54) is 19.2 Å². The molecule has 1 amide bonds. The Morgan fingerprint density at radius 2 is 2.28 bits per heavy atom. The van der Waals surface area contributed by atoms with Gasteiger partial charge in [0, 0.05) is 12.1 Å². The van der Waals surface area contributed by atoms with Crippen molar-refractivity contribution in [1.82, 2.24) is 5.32 Å². The fourth-order valence-corrected chi connectivity index (χ4v) is 1.60. The second kappa shape index (κ2) is 6.96. The number of nitrogens with one attached hydrogen (secondary N) is 1. The van der Waals surface area contributed by atoms with Crippen LogP contribution in [0.3, 0.4) is 0 Å². The Balaban J connectivity index is 2.66. The molecule has 0 radical (unpaired) electrons. The number of rotatable bonds is 6. The van der Waals surface area contributed by atoms with Crippen LogP contribution in [0.2, 0.25) is 0 Å². The first-order chi connectivity index (χ1) is 8.58. The van der Waals surface area contributed by atoms with Crippen LogP contribution < -0.4 is 15.8 Å². The van der Waals surface area contributed by atoms with E-state index in [0.717, 1.165) is 12.8 Å². The number of ether oxygens (including phenoxy) is 1. The van der Waals surface area contributed by atoms with E-state index >= 15 is 0 Å². The molecule has 0 saturated heterocycles. The van der Waals surface area contributed by atoms with E-state index in [1.54, 1.807) is 6.07 Å². The van der Waals surface area contributed by atoms with Crippen molar-refractivity contribution >= 4 is 5.91 Å². The van der Waals surface area contributed by atoms with Crippen LogP contribution in [-0.2, 0) is 0 Å². The number of benzene rings is 1. The lowest BCUT2D eigenvalue weighted by molar-refractivity contribution is 0.0934. The first-order valence-electron chi connectivity index (χ1n) is 5.93. The summed E-state index contributed by atoms with van der Waals surface area (Å²) < 4.78 is 18.5. The van der Waals surface area contributed by atoms with E-state index in [0.29, 0.717) is 12.3 Å². The summed E-state index contributed by atoms with van der Waals surface area (Å²) in [6, 6.07) is 4.14. The summed E-state index contributed by atoms with van der Waals surface area (Å²) in [6.07, 6.45) is 1.60. The Labute approximate surface area is 106 Å². The summed E-state index contributed by atoms with van der Waals surface area (Å²) in [5.74, 6) is -0.613. The smallest absolute Gasteiger partial charge is 0.254 e. The van der Waals surface area contributed by atoms with Gasteiger partial charge < -0.3 is 15.8 Å². The third-order valence-electron chi connectivity index (χ3n) is 2.64. The minimum atomic E-state index is -0.585. The second-order valence-corrected chi connectivity index (χ2v) is 4.15. The zero-order valence-corrected chi connectivity index (χ0v) is 10.7. The van der Waals surface area contributed by atoms with Gasteiger partial charge in [0.25, 0.3) is 5.91 Å². The average molecular weight is 254 g/mol. The molecule has 0 bridgehead atoms. The molecule has 0 saturated carbocycles. The maximum Gasteiger partial charge on any atom is 0.254 e. The summed E-state index contributed by atoms with van der Waals surface area (Å²) >= 11 is 0. The van der Waals surface area contributed by atoms with Gasteiger partial charge in [0.2, 0.25) is 0 Å². The fraction of sp³-hybridized carbons (Fsp3) is 0.462. The fourth-order valence-electron chi connectivity index (χ4n) is 1.60. The first-order valence-corrected chi connectivity index (χ1v) is 5.93. The molecule has 0 aliphatic carbocycles. The number of carbonyl (C=O) groups is 1. The van der Waals surface area contributed by atoms with Crippen molar-refractivity contribution in [2.45, 2.75) is 25.8 Å². The van der Waals surface area contributed by atoms with Crippen molar-refractivity contribution < 1.29 is 13.9 Å². The topological polar surface area (TPSA) is 64.3 Å². The van der Waals surface area contributed by atoms with Crippen LogP contribution in [0.5, 0.6) is 5.75 Å². The summed E-state index contributed by atoms with van der Waals surface area (Å²) in [6.45, 7) is 2.45. The van der Waals surface area contributed by atoms with Gasteiger partial charge in [-0.2, -0.15) is 0 Å². The molecule has 1 rings (SSSR count). The second-order valence-electron chi connectivity index (χ2n) is 4.15. The predicted octanol–water partition coefficient (Wildman–Crippen LogP) is 1.69. The van der Waals surface area contributed by atoms with Gasteiger partial charge in [-0.3, -0.25) is 4.79 Å². The lowest BCUT2D eigenvalue weighted by Gasteiger charge is -2.13. The molecule has 3 N–H and O–H groups in total. The SMILES string of the molecule is COc1ccc(C(=O)NC(C)CCCN)c(F)c1. The monoisotopic (exact) mass is 254 g/mol. The molecule has 18 heavy (non-hydrogen) atoms. The van der Waals surface area contributed by atoms with Gasteiger partial charge >= 0.3 is 0 Å². The molecule has 0 aliphatic rings. The van der Waals surface area contributed by atoms with Gasteiger partial charge in [-0.1, -0.05) is 0 Å². The van der Waals surface area contributed by atoms with Crippen molar-refractivity contribution in [3.63, 3.8) is 0 Å². The number of hydrogen-bond acceptors (Lipinski definition) is 3. The van der Waals surface area contributed by atoms with Crippen molar-refractivity contribution in [3.05, 3.63) is 29.6 Å². The van der Waals surface area contributed by atoms with E-state index in [-0.39, 0.29) is 11.6 Å². The Bertz CT molecular complexity index is 410. The lowest BCUT2D eigenvalue weighted by atomic mass is 10.1. The van der Waals surface area contributed by atoms with Crippen LogP contribution in [0.4, 0.5) is 4.39 Å². The summed E-state index contributed by atoms with van der Waals surface area (Å²) in [5, 5.41) is 2.73. The molecule has 1 unspecified atom stereocenters. The highest BCUT2D eigenvalue weighted by atomic mass is 19.1. The van der Waals surface area contributed by atoms with Gasteiger partial charge in [-0.15, -0.1) is 0 Å². The molecule has 4 nitrogen and oxygen atoms in total. The van der Waals surface area contributed by atoms with Crippen LogP contribution in [0.1, 0.15) is 30.1 Å². The van der Waals surface area contributed by atoms with Gasteiger partial charge in [0.15, 0.2) is 0 Å². The van der Waals surface area contributed by atoms with Crippen molar-refractivity contribution in [2.24, 2.45) is 5.73 Å². The molecule has 1 aromatic carbocycles. The number of methoxy groups -OCH3 is 1. The highest BCUT2D eigenvalue weighted by molar-refractivity contribution is 5.94. The molecule has 0 aromatic heterocycles. The minimum absolute atomic E-state index is 0.0235. The Morgan fingerprint density at radius 1 is 1.56 bits per heavy atom. The van der Waals surface area contributed by atoms with E-state index in [9.17, 15) is 9.18 Å². The van der Waals surface area contributed by atoms with E-state index in [1.807, 2.05) is 6.92 Å². The normalized spacial score (nSPS) is 12.0. The Kier molecular flexibility index (Phi) is 5.58. The molecule has 1 atom stereocenters. The standard InChI is InChI=1S/C13H19FN2O2/c1-9(4-3-7-15)16-13(17)11-6-5-10(18-2)8-12(11)14/h5-6,8-9H,3-4,7,15H2,1-2H3,(H,16,17). The van der Waals surface area contributed by atoms with E-state index in [4.69, 9.17) is 10.5 Å². The number of amides is 1. The average Bonchev–Trinajstić information content (AvgIpc) is 2.35. The molecule has 5 heteroatoms. The van der Waals surface area contributed by atoms with Crippen LogP contribution in [0, 0.1) is 5.82 Å². The van der Waals surface area contributed by atoms with Crippen molar-refractivity contribution in [3.8, 4) is 5.75 Å². The molecule has 0 fully saturated rings. The van der Waals surface area contributed by atoms with Crippen molar-refractivity contribution in [2.75, 3.05) is 13.7 Å². The molecule has 100 valence electrons. The maximum absolute atomic E-state index is 13.6. The zero-order chi connectivity index (χ0) is 13.5. The lowest BCUT2D eigenvalue weighted by Crippen LogP contribution is -2.33. The number of halogens is 1. The maximum atomic E-state index is 13.6. The van der Waals surface area contributed by atoms with Crippen LogP contribution in [0.15, 0.2) is 18.2 Å². The van der Waals surface area contributed by atoms with E-state index in [2.05, 4.69) is 5.32 Å². The largest absolute Gasteiger partial charge is 0.497 e. The first kappa shape index (κ1) is 14.4. The van der Waals surface area contributed by atoms with Gasteiger partial charge in [0.1, 0.15) is 11.6 Å². The molecule has 1 aromatic rings. The highest BCUT2D eigenvalue weighted by Gasteiger charge is 2.14. The molecular weight excluding hydrogens is 235 g/mol. The van der Waals surface area contributed by atoms with Gasteiger partial charge in [0.05, 0.1) is 12.7 Å². The number of hydrogen-bond donors (Lipinski definition) is 2. The third-order valence-corrected chi connectivity index (χ3v) is 2.64. The van der Waals surface area contributed by atoms with Crippen molar-refractivity contribution in [1.29, 1.82) is 0 Å². The Hall–Kier alpha value is -1.62. The molecule has 0 spiro atoms. The minimum Gasteiger partial charge on any atom is -0.497 e. The summed E-state index contributed by atoms with van der Waals surface area (Å²) in [4.78, 5) is 11.8. The van der Waals surface area contributed by atoms with Crippen LogP contribution in [0.25, 0.3) is 0 Å². The number of carbonyl (C=O) groups excluding carboxylic acids is 1. The summed E-state index contributed by atoms with van der Waals surface area (Å²) in [7, 11) is 1.45. The number of nitrogens with two attached hydrogens (primary N) is 1. The van der Waals surface area contributed by atoms with Crippen LogP contribution in [-0.4, -0.2) is 25.6 Å². The highest BCUT2D eigenvalue weighted by Crippen LogP contribution is 2.16. The third kappa shape index (κ3) is 4.00. The van der Waals surface area contributed by atoms with Gasteiger partial charge in [-0.25, -0.2) is 4.39 Å². The van der Waals surface area contributed by atoms with Gasteiger partial charge in [-0.05, 0) is 38.4 Å². The summed E-state index contributed by atoms with van der Waals surface area (Å²) in [5.41, 5.74) is 5.41. The predicted molar refractivity (Wildman–Crippen MR) is 68.2 cm³/mol. The Morgan fingerprint density at radius 3 is 2.83 bits per heavy atom. The molecular formula is C13H19FN2O2. The quantitative estimate of drug-likeness (QED) is 0.812.